The van der Waals surface area contributed by atoms with Crippen LogP contribution in [0, 0.1) is 0 Å². The molecule has 2 aromatic carbocycles. The third kappa shape index (κ3) is 3.67. The van der Waals surface area contributed by atoms with E-state index in [1.54, 1.807) is 0 Å². The van der Waals surface area contributed by atoms with Gasteiger partial charge in [0, 0.05) is 24.1 Å². The summed E-state index contributed by atoms with van der Waals surface area (Å²) in [6.45, 7) is 4.94. The van der Waals surface area contributed by atoms with E-state index in [2.05, 4.69) is 20.4 Å². The van der Waals surface area contributed by atoms with E-state index in [9.17, 15) is 4.79 Å². The fourth-order valence-electron chi connectivity index (χ4n) is 3.85. The van der Waals surface area contributed by atoms with Gasteiger partial charge in [-0.25, -0.2) is 4.98 Å². The van der Waals surface area contributed by atoms with Crippen LogP contribution in [0.3, 0.4) is 0 Å². The molecule has 9 heteroatoms. The Labute approximate surface area is 189 Å². The van der Waals surface area contributed by atoms with Crippen molar-refractivity contribution in [1.82, 2.24) is 19.7 Å². The molecule has 8 nitrogen and oxygen atoms in total. The van der Waals surface area contributed by atoms with Gasteiger partial charge in [0.2, 0.25) is 5.95 Å². The van der Waals surface area contributed by atoms with Gasteiger partial charge in [-0.2, -0.15) is 9.78 Å². The number of H-pyrrole nitrogens is 1. The molecule has 0 amide bonds. The summed E-state index contributed by atoms with van der Waals surface area (Å²) >= 11 is 6.39. The Morgan fingerprint density at radius 1 is 1.34 bits per heavy atom. The minimum absolute atomic E-state index is 0.0319. The predicted molar refractivity (Wildman–Crippen MR) is 123 cm³/mol. The number of nitrogens with one attached hydrogen (secondary N) is 2. The fraction of sp³-hybridized carbons (Fsp3) is 0.261. The monoisotopic (exact) mass is 451 g/mol. The Kier molecular flexibility index (Phi) is 5.22. The first-order valence-corrected chi connectivity index (χ1v) is 10.8. The summed E-state index contributed by atoms with van der Waals surface area (Å²) in [6, 6.07) is 11.5. The minimum atomic E-state index is -0.466. The van der Waals surface area contributed by atoms with Gasteiger partial charge in [0.25, 0.3) is 5.56 Å². The molecule has 164 valence electrons. The van der Waals surface area contributed by atoms with E-state index in [1.807, 2.05) is 50.2 Å². The summed E-state index contributed by atoms with van der Waals surface area (Å²) in [6.07, 6.45) is 2.52. The van der Waals surface area contributed by atoms with Crippen LogP contribution in [0.4, 0.5) is 5.69 Å². The largest absolute Gasteiger partial charge is 0.494 e. The number of fused-ring (bicyclic) bond motifs is 2. The molecule has 0 radical (unpaired) electrons. The van der Waals surface area contributed by atoms with E-state index < -0.39 is 5.56 Å². The van der Waals surface area contributed by atoms with Gasteiger partial charge in [0.05, 0.1) is 29.5 Å². The number of aromatic amines is 1. The highest BCUT2D eigenvalue weighted by Gasteiger charge is 2.22. The van der Waals surface area contributed by atoms with Crippen LogP contribution in [0.1, 0.15) is 25.0 Å². The number of ether oxygens (including phenoxy) is 2. The Balaban J connectivity index is 1.42. The fourth-order valence-corrected chi connectivity index (χ4v) is 4.04. The normalized spacial score (nSPS) is 14.9. The summed E-state index contributed by atoms with van der Waals surface area (Å²) in [5, 5.41) is 7.49. The maximum Gasteiger partial charge on any atom is 0.295 e. The molecule has 0 aliphatic carbocycles. The second-order valence-corrected chi connectivity index (χ2v) is 8.03. The molecule has 0 saturated heterocycles. The van der Waals surface area contributed by atoms with Gasteiger partial charge in [-0.05, 0) is 38.1 Å². The SMILES string of the molecule is CCOc1cc2c(cc1CNc1cnn(-c3nc4ccccc4[nH]3)c(=O)c1Cl)O[C@@H](C)C2. The lowest BCUT2D eigenvalue weighted by molar-refractivity contribution is 0.254. The van der Waals surface area contributed by atoms with Gasteiger partial charge < -0.3 is 19.8 Å². The number of rotatable bonds is 6. The number of anilines is 1. The van der Waals surface area contributed by atoms with Crippen molar-refractivity contribution in [2.75, 3.05) is 11.9 Å². The molecule has 1 aliphatic rings. The smallest absolute Gasteiger partial charge is 0.295 e. The lowest BCUT2D eigenvalue weighted by Gasteiger charge is -2.14. The van der Waals surface area contributed by atoms with E-state index in [-0.39, 0.29) is 11.1 Å². The van der Waals surface area contributed by atoms with Crippen LogP contribution in [0.25, 0.3) is 17.0 Å². The van der Waals surface area contributed by atoms with E-state index >= 15 is 0 Å². The van der Waals surface area contributed by atoms with Crippen LogP contribution in [-0.4, -0.2) is 32.5 Å². The zero-order chi connectivity index (χ0) is 22.2. The molecular formula is C23H22ClN5O3. The Bertz CT molecular complexity index is 1330. The third-order valence-corrected chi connectivity index (χ3v) is 5.71. The summed E-state index contributed by atoms with van der Waals surface area (Å²) in [4.78, 5) is 20.4. The number of nitrogens with zero attached hydrogens (tertiary/aromatic N) is 3. The highest BCUT2D eigenvalue weighted by molar-refractivity contribution is 6.32. The molecule has 0 saturated carbocycles. The molecule has 32 heavy (non-hydrogen) atoms. The van der Waals surface area contributed by atoms with Crippen molar-refractivity contribution in [1.29, 1.82) is 0 Å². The molecule has 1 atom stereocenters. The minimum Gasteiger partial charge on any atom is -0.494 e. The van der Waals surface area contributed by atoms with Crippen molar-refractivity contribution < 1.29 is 9.47 Å². The molecule has 4 aromatic rings. The van der Waals surface area contributed by atoms with Gasteiger partial charge in [-0.1, -0.05) is 23.7 Å². The molecule has 2 N–H and O–H groups in total. The zero-order valence-corrected chi connectivity index (χ0v) is 18.4. The average Bonchev–Trinajstić information content (AvgIpc) is 3.36. The van der Waals surface area contributed by atoms with Crippen molar-refractivity contribution in [3.63, 3.8) is 0 Å². The molecule has 0 unspecified atom stereocenters. The first kappa shape index (κ1) is 20.4. The van der Waals surface area contributed by atoms with Gasteiger partial charge >= 0.3 is 0 Å². The van der Waals surface area contributed by atoms with E-state index in [4.69, 9.17) is 21.1 Å². The number of hydrogen-bond acceptors (Lipinski definition) is 6. The summed E-state index contributed by atoms with van der Waals surface area (Å²) < 4.78 is 12.9. The second-order valence-electron chi connectivity index (χ2n) is 7.65. The first-order valence-electron chi connectivity index (χ1n) is 10.5. The van der Waals surface area contributed by atoms with E-state index in [0.29, 0.717) is 24.8 Å². The van der Waals surface area contributed by atoms with Gasteiger partial charge in [0.1, 0.15) is 22.6 Å². The molecule has 1 aliphatic heterocycles. The van der Waals surface area contributed by atoms with Crippen molar-refractivity contribution in [3.8, 4) is 17.4 Å². The van der Waals surface area contributed by atoms with Crippen LogP contribution in [0.15, 0.2) is 47.4 Å². The van der Waals surface area contributed by atoms with Crippen molar-refractivity contribution in [3.05, 3.63) is 69.1 Å². The zero-order valence-electron chi connectivity index (χ0n) is 17.7. The number of imidazole rings is 1. The van der Waals surface area contributed by atoms with Gasteiger partial charge in [-0.3, -0.25) is 4.79 Å². The highest BCUT2D eigenvalue weighted by Crippen LogP contribution is 2.35. The average molecular weight is 452 g/mol. The van der Waals surface area contributed by atoms with E-state index in [0.717, 1.165) is 44.8 Å². The number of halogens is 1. The maximum absolute atomic E-state index is 12.9. The lowest BCUT2D eigenvalue weighted by atomic mass is 10.1. The van der Waals surface area contributed by atoms with Crippen LogP contribution in [0.5, 0.6) is 11.5 Å². The third-order valence-electron chi connectivity index (χ3n) is 5.34. The van der Waals surface area contributed by atoms with Gasteiger partial charge in [-0.15, -0.1) is 0 Å². The van der Waals surface area contributed by atoms with Crippen molar-refractivity contribution >= 4 is 28.3 Å². The Morgan fingerprint density at radius 2 is 2.19 bits per heavy atom. The van der Waals surface area contributed by atoms with Crippen molar-refractivity contribution in [2.24, 2.45) is 0 Å². The Hall–Kier alpha value is -3.52. The summed E-state index contributed by atoms with van der Waals surface area (Å²) in [7, 11) is 0. The first-order chi connectivity index (χ1) is 15.5. The number of para-hydroxylation sites is 2. The molecule has 0 bridgehead atoms. The standard InChI is InChI=1S/C23H22ClN5O3/c1-3-31-19-9-14-8-13(2)32-20(14)10-15(19)11-25-18-12-26-29(22(30)21(18)24)23-27-16-6-4-5-7-17(16)28-23/h4-7,9-10,12-13,25H,3,8,11H2,1-2H3,(H,27,28)/t13-/m0/s1. The summed E-state index contributed by atoms with van der Waals surface area (Å²) in [5.74, 6) is 1.96. The highest BCUT2D eigenvalue weighted by atomic mass is 35.5. The number of aromatic nitrogens is 4. The number of benzene rings is 2. The molecule has 2 aromatic heterocycles. The predicted octanol–water partition coefficient (Wildman–Crippen LogP) is 4.10. The number of hydrogen-bond donors (Lipinski definition) is 2. The molecule has 5 rings (SSSR count). The lowest BCUT2D eigenvalue weighted by Crippen LogP contribution is -2.23. The quantitative estimate of drug-likeness (QED) is 0.458. The molecule has 0 fully saturated rings. The Morgan fingerprint density at radius 3 is 3.00 bits per heavy atom. The molecular weight excluding hydrogens is 430 g/mol. The van der Waals surface area contributed by atoms with Crippen LogP contribution in [0.2, 0.25) is 5.02 Å². The topological polar surface area (TPSA) is 94.1 Å². The maximum atomic E-state index is 12.9. The second kappa shape index (κ2) is 8.20. The van der Waals surface area contributed by atoms with Crippen LogP contribution in [-0.2, 0) is 13.0 Å². The van der Waals surface area contributed by atoms with Crippen molar-refractivity contribution in [2.45, 2.75) is 32.9 Å². The summed E-state index contributed by atoms with van der Waals surface area (Å²) in [5.41, 5.74) is 3.57. The molecule has 3 heterocycles. The van der Waals surface area contributed by atoms with Crippen LogP contribution >= 0.6 is 11.6 Å². The van der Waals surface area contributed by atoms with Crippen LogP contribution < -0.4 is 20.3 Å². The molecule has 0 spiro atoms. The van der Waals surface area contributed by atoms with E-state index in [1.165, 1.54) is 6.20 Å². The van der Waals surface area contributed by atoms with Gasteiger partial charge in [0.15, 0.2) is 0 Å².